The molecule has 0 bridgehead atoms. The van der Waals surface area contributed by atoms with E-state index in [0.29, 0.717) is 22.2 Å². The number of nitrogens with two attached hydrogens (primary N) is 1. The van der Waals surface area contributed by atoms with Gasteiger partial charge in [-0.25, -0.2) is 4.39 Å². The van der Waals surface area contributed by atoms with Gasteiger partial charge in [-0.2, -0.15) is 0 Å². The number of fused-ring (bicyclic) bond motifs is 1. The number of hydrogen-bond acceptors (Lipinski definition) is 4. The molecule has 3 N–H and O–H groups in total. The molecule has 0 atom stereocenters. The van der Waals surface area contributed by atoms with Gasteiger partial charge in [0, 0.05) is 29.6 Å². The highest BCUT2D eigenvalue weighted by atomic mass is 35.5. The van der Waals surface area contributed by atoms with Gasteiger partial charge in [-0.3, -0.25) is 14.5 Å². The predicted octanol–water partition coefficient (Wildman–Crippen LogP) is 3.43. The molecule has 0 fully saturated rings. The van der Waals surface area contributed by atoms with Gasteiger partial charge >= 0.3 is 0 Å². The van der Waals surface area contributed by atoms with Crippen LogP contribution in [-0.4, -0.2) is 29.3 Å². The first kappa shape index (κ1) is 20.4. The van der Waals surface area contributed by atoms with Crippen LogP contribution >= 0.6 is 23.7 Å². The fraction of sp³-hybridized carbons (Fsp3) is 0.333. The number of benzene rings is 1. The molecule has 0 saturated heterocycles. The quantitative estimate of drug-likeness (QED) is 0.829. The summed E-state index contributed by atoms with van der Waals surface area (Å²) in [5.74, 6) is -1.33. The van der Waals surface area contributed by atoms with Crippen molar-refractivity contribution >= 4 is 40.6 Å². The van der Waals surface area contributed by atoms with E-state index in [1.807, 2.05) is 0 Å². The second-order valence-electron chi connectivity index (χ2n) is 6.35. The van der Waals surface area contributed by atoms with E-state index in [1.165, 1.54) is 35.6 Å². The third-order valence-electron chi connectivity index (χ3n) is 4.40. The number of rotatable bonds is 4. The monoisotopic (exact) mass is 397 g/mol. The summed E-state index contributed by atoms with van der Waals surface area (Å²) in [5, 5.41) is 3.24. The number of anilines is 1. The number of thiophene rings is 1. The lowest BCUT2D eigenvalue weighted by molar-refractivity contribution is 0.0999. The molecule has 26 heavy (non-hydrogen) atoms. The van der Waals surface area contributed by atoms with Crippen molar-refractivity contribution in [3.8, 4) is 0 Å². The third kappa shape index (κ3) is 4.06. The predicted molar refractivity (Wildman–Crippen MR) is 104 cm³/mol. The van der Waals surface area contributed by atoms with E-state index in [0.717, 1.165) is 30.0 Å². The van der Waals surface area contributed by atoms with Gasteiger partial charge in [0.15, 0.2) is 0 Å². The van der Waals surface area contributed by atoms with E-state index in [4.69, 9.17) is 5.73 Å². The number of carbonyl (C=O) groups is 2. The first-order chi connectivity index (χ1) is 11.9. The minimum Gasteiger partial charge on any atom is -0.365 e. The summed E-state index contributed by atoms with van der Waals surface area (Å²) in [7, 11) is 0. The van der Waals surface area contributed by atoms with Crippen LogP contribution < -0.4 is 11.1 Å². The molecule has 2 amide bonds. The summed E-state index contributed by atoms with van der Waals surface area (Å²) < 4.78 is 13.0. The van der Waals surface area contributed by atoms with Crippen molar-refractivity contribution in [2.24, 2.45) is 5.73 Å². The molecular weight excluding hydrogens is 377 g/mol. The molecule has 1 aromatic heterocycles. The maximum Gasteiger partial charge on any atom is 0.256 e. The molecule has 1 aliphatic heterocycles. The Hall–Kier alpha value is -1.96. The van der Waals surface area contributed by atoms with Gasteiger partial charge < -0.3 is 11.1 Å². The number of halogens is 2. The van der Waals surface area contributed by atoms with Crippen LogP contribution in [0, 0.1) is 5.82 Å². The Morgan fingerprint density at radius 2 is 1.92 bits per heavy atom. The van der Waals surface area contributed by atoms with Crippen LogP contribution in [0.25, 0.3) is 0 Å². The van der Waals surface area contributed by atoms with Crippen LogP contribution in [0.2, 0.25) is 0 Å². The minimum atomic E-state index is -0.537. The van der Waals surface area contributed by atoms with Crippen molar-refractivity contribution < 1.29 is 14.0 Å². The van der Waals surface area contributed by atoms with Gasteiger partial charge in [0.25, 0.3) is 11.8 Å². The summed E-state index contributed by atoms with van der Waals surface area (Å²) in [4.78, 5) is 27.7. The molecule has 8 heteroatoms. The maximum absolute atomic E-state index is 13.0. The zero-order chi connectivity index (χ0) is 18.1. The van der Waals surface area contributed by atoms with Gasteiger partial charge in [0.05, 0.1) is 5.56 Å². The summed E-state index contributed by atoms with van der Waals surface area (Å²) >= 11 is 1.39. The summed E-state index contributed by atoms with van der Waals surface area (Å²) in [6.45, 7) is 5.85. The lowest BCUT2D eigenvalue weighted by Crippen LogP contribution is -2.35. The third-order valence-corrected chi connectivity index (χ3v) is 5.53. The number of carbonyl (C=O) groups excluding carboxylic acids is 2. The van der Waals surface area contributed by atoms with E-state index >= 15 is 0 Å². The first-order valence-corrected chi connectivity index (χ1v) is 8.93. The fourth-order valence-corrected chi connectivity index (χ4v) is 4.26. The summed E-state index contributed by atoms with van der Waals surface area (Å²) in [5.41, 5.74) is 7.23. The highest BCUT2D eigenvalue weighted by Crippen LogP contribution is 2.37. The van der Waals surface area contributed by atoms with Crippen molar-refractivity contribution in [3.05, 3.63) is 51.7 Å². The molecule has 0 saturated carbocycles. The number of primary amides is 1. The van der Waals surface area contributed by atoms with Crippen LogP contribution in [0.15, 0.2) is 24.3 Å². The van der Waals surface area contributed by atoms with E-state index in [1.54, 1.807) is 0 Å². The summed E-state index contributed by atoms with van der Waals surface area (Å²) in [6.07, 6.45) is 0.731. The summed E-state index contributed by atoms with van der Waals surface area (Å²) in [6, 6.07) is 5.67. The highest BCUT2D eigenvalue weighted by molar-refractivity contribution is 7.17. The lowest BCUT2D eigenvalue weighted by Gasteiger charge is -2.30. The Balaban J connectivity index is 0.00000243. The Morgan fingerprint density at radius 1 is 1.27 bits per heavy atom. The van der Waals surface area contributed by atoms with E-state index < -0.39 is 11.7 Å². The minimum absolute atomic E-state index is 0. The molecule has 1 aliphatic rings. The average molecular weight is 398 g/mol. The molecule has 3 rings (SSSR count). The fourth-order valence-electron chi connectivity index (χ4n) is 2.99. The number of amides is 2. The van der Waals surface area contributed by atoms with Crippen molar-refractivity contribution in [1.29, 1.82) is 0 Å². The van der Waals surface area contributed by atoms with Gasteiger partial charge in [-0.1, -0.05) is 0 Å². The SMILES string of the molecule is CC(C)N1CCc2c(sc(NC(=O)c3ccc(F)cc3)c2C(N)=O)C1.Cl. The smallest absolute Gasteiger partial charge is 0.256 e. The van der Waals surface area contributed by atoms with Crippen molar-refractivity contribution in [2.45, 2.75) is 32.9 Å². The molecule has 1 aromatic carbocycles. The van der Waals surface area contributed by atoms with Gasteiger partial charge in [0.1, 0.15) is 10.8 Å². The number of nitrogens with one attached hydrogen (secondary N) is 1. The molecular formula is C18H21ClFN3O2S. The Kier molecular flexibility index (Phi) is 6.39. The Labute approximate surface area is 161 Å². The molecule has 0 spiro atoms. The molecule has 0 aliphatic carbocycles. The van der Waals surface area contributed by atoms with Crippen molar-refractivity contribution in [2.75, 3.05) is 11.9 Å². The van der Waals surface area contributed by atoms with Crippen LogP contribution in [0.3, 0.4) is 0 Å². The largest absolute Gasteiger partial charge is 0.365 e. The second-order valence-corrected chi connectivity index (χ2v) is 7.45. The highest BCUT2D eigenvalue weighted by Gasteiger charge is 2.28. The van der Waals surface area contributed by atoms with Crippen molar-refractivity contribution in [1.82, 2.24) is 4.90 Å². The standard InChI is InChI=1S/C18H20FN3O2S.ClH/c1-10(2)22-8-7-13-14(9-22)25-18(15(13)16(20)23)21-17(24)11-3-5-12(19)6-4-11;/h3-6,10H,7-9H2,1-2H3,(H2,20,23)(H,21,24);1H. The molecule has 140 valence electrons. The maximum atomic E-state index is 13.0. The first-order valence-electron chi connectivity index (χ1n) is 8.12. The van der Waals surface area contributed by atoms with E-state index in [-0.39, 0.29) is 18.3 Å². The van der Waals surface area contributed by atoms with Crippen LogP contribution in [0.4, 0.5) is 9.39 Å². The van der Waals surface area contributed by atoms with Gasteiger partial charge in [-0.15, -0.1) is 23.7 Å². The molecule has 2 heterocycles. The zero-order valence-electron chi connectivity index (χ0n) is 14.5. The Bertz CT molecular complexity index is 821. The lowest BCUT2D eigenvalue weighted by atomic mass is 10.0. The Morgan fingerprint density at radius 3 is 2.50 bits per heavy atom. The topological polar surface area (TPSA) is 75.4 Å². The van der Waals surface area contributed by atoms with E-state index in [2.05, 4.69) is 24.1 Å². The van der Waals surface area contributed by atoms with Crippen LogP contribution in [-0.2, 0) is 13.0 Å². The number of nitrogens with zero attached hydrogens (tertiary/aromatic N) is 1. The second kappa shape index (κ2) is 8.16. The average Bonchev–Trinajstić information content (AvgIpc) is 2.92. The molecule has 0 unspecified atom stereocenters. The van der Waals surface area contributed by atoms with Crippen molar-refractivity contribution in [3.63, 3.8) is 0 Å². The zero-order valence-corrected chi connectivity index (χ0v) is 16.2. The molecule has 5 nitrogen and oxygen atoms in total. The van der Waals surface area contributed by atoms with Crippen LogP contribution in [0.1, 0.15) is 45.0 Å². The van der Waals surface area contributed by atoms with E-state index in [9.17, 15) is 14.0 Å². The molecule has 0 radical (unpaired) electrons. The van der Waals surface area contributed by atoms with Gasteiger partial charge in [-0.05, 0) is 50.1 Å². The number of hydrogen-bond donors (Lipinski definition) is 2. The van der Waals surface area contributed by atoms with Gasteiger partial charge in [0.2, 0.25) is 0 Å². The molecule has 2 aromatic rings. The van der Waals surface area contributed by atoms with Crippen LogP contribution in [0.5, 0.6) is 0 Å². The normalized spacial score (nSPS) is 13.8.